The maximum atomic E-state index is 13.7. The molecule has 0 amide bonds. The minimum atomic E-state index is -4.67. The second-order valence-electron chi connectivity index (χ2n) is 6.68. The molecule has 0 aliphatic carbocycles. The molecule has 7 nitrogen and oxygen atoms in total. The largest absolute Gasteiger partial charge is 0.495 e. The molecule has 4 aromatic rings. The number of pyridine rings is 2. The second kappa shape index (κ2) is 8.31. The van der Waals surface area contributed by atoms with Crippen molar-refractivity contribution in [3.05, 3.63) is 83.8 Å². The summed E-state index contributed by atoms with van der Waals surface area (Å²) in [6, 6.07) is 12.4. The SMILES string of the molecule is COc1ccc2c(C(O)OC(=O)c3ccccn3)c(-c3ccccc3C(F)(F)F)nn2c1. The second-order valence-corrected chi connectivity index (χ2v) is 6.68. The van der Waals surface area contributed by atoms with Crippen LogP contribution in [0.2, 0.25) is 0 Å². The quantitative estimate of drug-likeness (QED) is 0.366. The molecule has 0 saturated carbocycles. The van der Waals surface area contributed by atoms with Gasteiger partial charge in [-0.25, -0.2) is 14.3 Å². The predicted octanol–water partition coefficient (Wildman–Crippen LogP) is 4.27. The Labute approximate surface area is 179 Å². The summed E-state index contributed by atoms with van der Waals surface area (Å²) in [5.41, 5.74) is -1.34. The fourth-order valence-corrected chi connectivity index (χ4v) is 3.25. The third kappa shape index (κ3) is 4.00. The summed E-state index contributed by atoms with van der Waals surface area (Å²) < 4.78 is 52.5. The molecule has 4 rings (SSSR count). The number of nitrogens with zero attached hydrogens (tertiary/aromatic N) is 3. The van der Waals surface area contributed by atoms with Gasteiger partial charge >= 0.3 is 12.1 Å². The van der Waals surface area contributed by atoms with E-state index in [-0.39, 0.29) is 28.0 Å². The Kier molecular flexibility index (Phi) is 5.54. The van der Waals surface area contributed by atoms with Gasteiger partial charge in [0.2, 0.25) is 6.29 Å². The molecule has 164 valence electrons. The summed E-state index contributed by atoms with van der Waals surface area (Å²) >= 11 is 0. The highest BCUT2D eigenvalue weighted by molar-refractivity contribution is 5.87. The van der Waals surface area contributed by atoms with E-state index in [2.05, 4.69) is 10.1 Å². The maximum Gasteiger partial charge on any atom is 0.417 e. The van der Waals surface area contributed by atoms with Crippen molar-refractivity contribution in [1.29, 1.82) is 0 Å². The normalized spacial score (nSPS) is 12.5. The summed E-state index contributed by atoms with van der Waals surface area (Å²) in [6.45, 7) is 0. The molecule has 1 N–H and O–H groups in total. The third-order valence-electron chi connectivity index (χ3n) is 4.70. The number of halogens is 3. The highest BCUT2D eigenvalue weighted by Crippen LogP contribution is 2.40. The molecule has 0 radical (unpaired) electrons. The van der Waals surface area contributed by atoms with Crippen LogP contribution in [0.5, 0.6) is 5.75 Å². The van der Waals surface area contributed by atoms with E-state index in [4.69, 9.17) is 9.47 Å². The summed E-state index contributed by atoms with van der Waals surface area (Å²) in [5, 5.41) is 15.0. The van der Waals surface area contributed by atoms with Crippen LogP contribution in [-0.2, 0) is 10.9 Å². The van der Waals surface area contributed by atoms with Crippen molar-refractivity contribution in [2.75, 3.05) is 7.11 Å². The molecule has 32 heavy (non-hydrogen) atoms. The smallest absolute Gasteiger partial charge is 0.417 e. The average Bonchev–Trinajstić information content (AvgIpc) is 3.17. The molecular formula is C22H16F3N3O4. The van der Waals surface area contributed by atoms with Gasteiger partial charge in [-0.15, -0.1) is 0 Å². The van der Waals surface area contributed by atoms with Crippen LogP contribution in [0.3, 0.4) is 0 Å². The first-order chi connectivity index (χ1) is 15.3. The summed E-state index contributed by atoms with van der Waals surface area (Å²) in [5.74, 6) is -0.553. The fraction of sp³-hybridized carbons (Fsp3) is 0.136. The van der Waals surface area contributed by atoms with Crippen LogP contribution in [0.15, 0.2) is 67.0 Å². The van der Waals surface area contributed by atoms with Crippen molar-refractivity contribution >= 4 is 11.5 Å². The number of hydrogen-bond acceptors (Lipinski definition) is 6. The average molecular weight is 443 g/mol. The first kappa shape index (κ1) is 21.3. The minimum Gasteiger partial charge on any atom is -0.495 e. The predicted molar refractivity (Wildman–Crippen MR) is 107 cm³/mol. The molecule has 0 aliphatic rings. The number of carbonyl (C=O) groups excluding carboxylic acids is 1. The zero-order chi connectivity index (χ0) is 22.9. The van der Waals surface area contributed by atoms with Crippen LogP contribution in [0.1, 0.15) is 27.9 Å². The van der Waals surface area contributed by atoms with E-state index in [9.17, 15) is 23.1 Å². The monoisotopic (exact) mass is 443 g/mol. The van der Waals surface area contributed by atoms with Crippen LogP contribution in [0.25, 0.3) is 16.8 Å². The number of aromatic nitrogens is 3. The van der Waals surface area contributed by atoms with E-state index >= 15 is 0 Å². The Balaban J connectivity index is 1.87. The molecule has 1 aromatic carbocycles. The molecule has 0 spiro atoms. The van der Waals surface area contributed by atoms with Gasteiger partial charge in [0.1, 0.15) is 17.1 Å². The zero-order valence-electron chi connectivity index (χ0n) is 16.6. The van der Waals surface area contributed by atoms with E-state index in [1.165, 1.54) is 54.4 Å². The van der Waals surface area contributed by atoms with E-state index in [1.807, 2.05) is 0 Å². The van der Waals surface area contributed by atoms with E-state index in [0.29, 0.717) is 5.75 Å². The van der Waals surface area contributed by atoms with Crippen molar-refractivity contribution in [3.63, 3.8) is 0 Å². The Hall–Kier alpha value is -3.92. The van der Waals surface area contributed by atoms with E-state index < -0.39 is 24.0 Å². The minimum absolute atomic E-state index is 0.0677. The topological polar surface area (TPSA) is 86.0 Å². The zero-order valence-corrected chi connectivity index (χ0v) is 16.6. The van der Waals surface area contributed by atoms with Crippen molar-refractivity contribution in [1.82, 2.24) is 14.6 Å². The maximum absolute atomic E-state index is 13.7. The number of methoxy groups -OCH3 is 1. The van der Waals surface area contributed by atoms with Gasteiger partial charge in [-0.2, -0.15) is 18.3 Å². The molecule has 10 heteroatoms. The van der Waals surface area contributed by atoms with Crippen molar-refractivity contribution in [2.24, 2.45) is 0 Å². The number of aliphatic hydroxyl groups excluding tert-OH is 1. The van der Waals surface area contributed by atoms with Gasteiger partial charge in [0, 0.05) is 11.8 Å². The number of rotatable bonds is 5. The lowest BCUT2D eigenvalue weighted by molar-refractivity contribution is -0.137. The highest BCUT2D eigenvalue weighted by Gasteiger charge is 2.36. The molecular weight excluding hydrogens is 427 g/mol. The van der Waals surface area contributed by atoms with Gasteiger partial charge in [0.15, 0.2) is 0 Å². The number of fused-ring (bicyclic) bond motifs is 1. The molecule has 0 bridgehead atoms. The summed E-state index contributed by atoms with van der Waals surface area (Å²) in [7, 11) is 1.43. The summed E-state index contributed by atoms with van der Waals surface area (Å²) in [4.78, 5) is 16.2. The number of aliphatic hydroxyl groups is 1. The van der Waals surface area contributed by atoms with Crippen LogP contribution < -0.4 is 4.74 Å². The van der Waals surface area contributed by atoms with Gasteiger partial charge < -0.3 is 14.6 Å². The molecule has 0 fully saturated rings. The third-order valence-corrected chi connectivity index (χ3v) is 4.70. The molecule has 3 heterocycles. The molecule has 3 aromatic heterocycles. The molecule has 0 aliphatic heterocycles. The number of carbonyl (C=O) groups is 1. The number of ether oxygens (including phenoxy) is 2. The Bertz CT molecular complexity index is 1270. The lowest BCUT2D eigenvalue weighted by atomic mass is 10.00. The van der Waals surface area contributed by atoms with Crippen molar-refractivity contribution < 1.29 is 32.5 Å². The van der Waals surface area contributed by atoms with Gasteiger partial charge in [0.05, 0.1) is 30.0 Å². The Morgan fingerprint density at radius 2 is 1.84 bits per heavy atom. The standard InChI is InChI=1S/C22H16F3N3O4/c1-31-13-9-10-17-18(21(30)32-20(29)16-8-4-5-11-26-16)19(27-28(17)12-13)14-6-2-3-7-15(14)22(23,24)25/h2-12,21,30H,1H3. The Morgan fingerprint density at radius 3 is 2.53 bits per heavy atom. The van der Waals surface area contributed by atoms with Crippen LogP contribution in [0, 0.1) is 0 Å². The first-order valence-corrected chi connectivity index (χ1v) is 9.32. The fourth-order valence-electron chi connectivity index (χ4n) is 3.25. The van der Waals surface area contributed by atoms with Crippen LogP contribution in [0.4, 0.5) is 13.2 Å². The molecule has 1 unspecified atom stereocenters. The molecule has 0 saturated heterocycles. The molecule has 1 atom stereocenters. The number of hydrogen-bond donors (Lipinski definition) is 1. The number of benzene rings is 1. The van der Waals surface area contributed by atoms with Crippen molar-refractivity contribution in [3.8, 4) is 17.0 Å². The van der Waals surface area contributed by atoms with Crippen LogP contribution >= 0.6 is 0 Å². The Morgan fingerprint density at radius 1 is 1.09 bits per heavy atom. The lowest BCUT2D eigenvalue weighted by Crippen LogP contribution is -2.13. The number of alkyl halides is 3. The van der Waals surface area contributed by atoms with E-state index in [0.717, 1.165) is 6.07 Å². The van der Waals surface area contributed by atoms with E-state index in [1.54, 1.807) is 18.2 Å². The van der Waals surface area contributed by atoms with Crippen LogP contribution in [-0.4, -0.2) is 32.8 Å². The van der Waals surface area contributed by atoms with Crippen molar-refractivity contribution in [2.45, 2.75) is 12.5 Å². The number of esters is 1. The van der Waals surface area contributed by atoms with Gasteiger partial charge in [0.25, 0.3) is 0 Å². The van der Waals surface area contributed by atoms with Gasteiger partial charge in [-0.3, -0.25) is 0 Å². The highest BCUT2D eigenvalue weighted by atomic mass is 19.4. The van der Waals surface area contributed by atoms with Gasteiger partial charge in [-0.1, -0.05) is 24.3 Å². The summed E-state index contributed by atoms with van der Waals surface area (Å²) in [6.07, 6.45) is -3.77. The lowest BCUT2D eigenvalue weighted by Gasteiger charge is -2.15. The first-order valence-electron chi connectivity index (χ1n) is 9.32. The van der Waals surface area contributed by atoms with Gasteiger partial charge in [-0.05, 0) is 30.3 Å².